The Hall–Kier alpha value is -2.30. The third-order valence-electron chi connectivity index (χ3n) is 6.03. The predicted molar refractivity (Wildman–Crippen MR) is 109 cm³/mol. The summed E-state index contributed by atoms with van der Waals surface area (Å²) in [6.45, 7) is 0.287. The predicted octanol–water partition coefficient (Wildman–Crippen LogP) is 1.23. The number of anilines is 1. The lowest BCUT2D eigenvalue weighted by Crippen LogP contribution is -2.33. The Morgan fingerprint density at radius 1 is 1.20 bits per heavy atom. The molecule has 0 radical (unpaired) electrons. The van der Waals surface area contributed by atoms with Crippen LogP contribution in [0, 0.1) is 0 Å². The highest BCUT2D eigenvalue weighted by molar-refractivity contribution is 6.30. The largest absolute Gasteiger partial charge is 0.394 e. The average Bonchev–Trinajstić information content (AvgIpc) is 3.35. The fourth-order valence-electron chi connectivity index (χ4n) is 4.07. The van der Waals surface area contributed by atoms with Crippen LogP contribution in [0.25, 0.3) is 11.2 Å². The molecule has 0 unspecified atom stereocenters. The number of ether oxygens (including phenoxy) is 1. The van der Waals surface area contributed by atoms with E-state index in [9.17, 15) is 15.3 Å². The molecule has 2 aromatic heterocycles. The molecule has 1 aromatic carbocycles. The quantitative estimate of drug-likeness (QED) is 0.459. The van der Waals surface area contributed by atoms with E-state index in [2.05, 4.69) is 26.3 Å². The van der Waals surface area contributed by atoms with Crippen LogP contribution in [0.1, 0.15) is 24.6 Å². The molecule has 1 aliphatic heterocycles. The monoisotopic (exact) mass is 431 g/mol. The minimum atomic E-state index is -1.21. The van der Waals surface area contributed by atoms with Crippen LogP contribution >= 0.6 is 11.6 Å². The van der Waals surface area contributed by atoms with Crippen LogP contribution in [-0.4, -0.2) is 66.3 Å². The van der Waals surface area contributed by atoms with Gasteiger partial charge in [0.2, 0.25) is 0 Å². The van der Waals surface area contributed by atoms with Crippen LogP contribution < -0.4 is 5.32 Å². The van der Waals surface area contributed by atoms with Gasteiger partial charge in [-0.1, -0.05) is 23.7 Å². The summed E-state index contributed by atoms with van der Waals surface area (Å²) in [6.07, 6.45) is 0.878. The van der Waals surface area contributed by atoms with E-state index in [1.165, 1.54) is 18.2 Å². The first-order chi connectivity index (χ1) is 14.5. The van der Waals surface area contributed by atoms with Crippen molar-refractivity contribution in [2.45, 2.75) is 42.8 Å². The second-order valence-corrected chi connectivity index (χ2v) is 8.36. The molecule has 10 heteroatoms. The minimum absolute atomic E-state index is 0.0218. The lowest BCUT2D eigenvalue weighted by molar-refractivity contribution is -0.0511. The molecule has 158 valence electrons. The lowest BCUT2D eigenvalue weighted by atomic mass is 9.96. The molecule has 0 amide bonds. The Balaban J connectivity index is 1.39. The Labute approximate surface area is 177 Å². The highest BCUT2D eigenvalue weighted by Gasteiger charge is 2.45. The van der Waals surface area contributed by atoms with Crippen LogP contribution in [0.3, 0.4) is 0 Å². The van der Waals surface area contributed by atoms with Gasteiger partial charge in [-0.2, -0.15) is 0 Å². The van der Waals surface area contributed by atoms with Crippen molar-refractivity contribution in [3.8, 4) is 0 Å². The van der Waals surface area contributed by atoms with Crippen molar-refractivity contribution in [1.29, 1.82) is 0 Å². The number of nitrogens with one attached hydrogen (secondary N) is 1. The number of aromatic nitrogens is 4. The molecule has 2 fully saturated rings. The molecular formula is C20H22ClN5O4. The zero-order valence-electron chi connectivity index (χ0n) is 16.0. The third kappa shape index (κ3) is 3.23. The molecule has 5 rings (SSSR count). The molecule has 1 aliphatic carbocycles. The van der Waals surface area contributed by atoms with Crippen molar-refractivity contribution < 1.29 is 20.1 Å². The molecule has 4 N–H and O–H groups in total. The standard InChI is InChI=1S/C20H22ClN5O4/c21-12-3-1-2-11(6-12)20(4-5-20)8-22-17-14-18(24-9-23-17)26(10-25-14)19-16(29)15(28)13(7-27)30-19/h1-3,6,9-10,13,15-16,19,27-29H,4-5,7-8H2,(H,22,23,24)/t13-,15-,16-,19-/m1/s1. The average molecular weight is 432 g/mol. The van der Waals surface area contributed by atoms with E-state index in [1.54, 1.807) is 4.57 Å². The first kappa shape index (κ1) is 19.7. The summed E-state index contributed by atoms with van der Waals surface area (Å²) in [6, 6.07) is 7.92. The Morgan fingerprint density at radius 2 is 2.03 bits per heavy atom. The van der Waals surface area contributed by atoms with Gasteiger partial charge in [-0.25, -0.2) is 15.0 Å². The van der Waals surface area contributed by atoms with Crippen molar-refractivity contribution in [3.05, 3.63) is 47.5 Å². The van der Waals surface area contributed by atoms with E-state index < -0.39 is 31.1 Å². The summed E-state index contributed by atoms with van der Waals surface area (Å²) in [5.41, 5.74) is 2.23. The van der Waals surface area contributed by atoms with Gasteiger partial charge in [-0.05, 0) is 30.5 Å². The maximum absolute atomic E-state index is 10.3. The first-order valence-corrected chi connectivity index (χ1v) is 10.2. The van der Waals surface area contributed by atoms with Gasteiger partial charge in [0.05, 0.1) is 12.9 Å². The topological polar surface area (TPSA) is 126 Å². The number of benzene rings is 1. The summed E-state index contributed by atoms with van der Waals surface area (Å²) in [5, 5.41) is 33.8. The van der Waals surface area contributed by atoms with Gasteiger partial charge in [0.25, 0.3) is 0 Å². The lowest BCUT2D eigenvalue weighted by Gasteiger charge is -2.18. The summed E-state index contributed by atoms with van der Waals surface area (Å²) >= 11 is 6.16. The Morgan fingerprint density at radius 3 is 2.73 bits per heavy atom. The SMILES string of the molecule is OC[C@H]1O[C@@H](n2cnc3c(NCC4(c5cccc(Cl)c5)CC4)ncnc32)[C@H](O)[C@@H]1O. The highest BCUT2D eigenvalue weighted by Crippen LogP contribution is 2.48. The van der Waals surface area contributed by atoms with Crippen LogP contribution in [0.5, 0.6) is 0 Å². The molecule has 2 aliphatic rings. The van der Waals surface area contributed by atoms with Gasteiger partial charge in [0.15, 0.2) is 23.2 Å². The van der Waals surface area contributed by atoms with Gasteiger partial charge in [-0.15, -0.1) is 0 Å². The molecular weight excluding hydrogens is 410 g/mol. The summed E-state index contributed by atoms with van der Waals surface area (Å²) in [7, 11) is 0. The van der Waals surface area contributed by atoms with Crippen LogP contribution in [0.4, 0.5) is 5.82 Å². The van der Waals surface area contributed by atoms with Crippen LogP contribution in [-0.2, 0) is 10.2 Å². The van der Waals surface area contributed by atoms with Gasteiger partial charge in [-0.3, -0.25) is 4.57 Å². The number of aliphatic hydroxyl groups is 3. The summed E-state index contributed by atoms with van der Waals surface area (Å²) in [5.74, 6) is 0.582. The number of hydrogen-bond acceptors (Lipinski definition) is 8. The van der Waals surface area contributed by atoms with Crippen molar-refractivity contribution in [2.24, 2.45) is 0 Å². The summed E-state index contributed by atoms with van der Waals surface area (Å²) < 4.78 is 7.15. The van der Waals surface area contributed by atoms with E-state index in [-0.39, 0.29) is 5.41 Å². The van der Waals surface area contributed by atoms with Crippen LogP contribution in [0.2, 0.25) is 5.02 Å². The maximum Gasteiger partial charge on any atom is 0.167 e. The maximum atomic E-state index is 10.3. The van der Waals surface area contributed by atoms with Gasteiger partial charge in [0, 0.05) is 17.0 Å². The number of fused-ring (bicyclic) bond motifs is 1. The molecule has 9 nitrogen and oxygen atoms in total. The second-order valence-electron chi connectivity index (χ2n) is 7.92. The Bertz CT molecular complexity index is 1070. The van der Waals surface area contributed by atoms with E-state index in [0.717, 1.165) is 17.9 Å². The fourth-order valence-corrected chi connectivity index (χ4v) is 4.26. The molecule has 0 bridgehead atoms. The van der Waals surface area contributed by atoms with Crippen molar-refractivity contribution in [3.63, 3.8) is 0 Å². The number of aliphatic hydroxyl groups excluding tert-OH is 3. The number of halogens is 1. The molecule has 1 saturated heterocycles. The van der Waals surface area contributed by atoms with E-state index in [4.69, 9.17) is 16.3 Å². The molecule has 1 saturated carbocycles. The molecule has 3 heterocycles. The van der Waals surface area contributed by atoms with Crippen molar-refractivity contribution >= 4 is 28.6 Å². The molecule has 3 aromatic rings. The zero-order chi connectivity index (χ0) is 20.9. The zero-order valence-corrected chi connectivity index (χ0v) is 16.8. The van der Waals surface area contributed by atoms with Crippen LogP contribution in [0.15, 0.2) is 36.9 Å². The molecule has 0 spiro atoms. The normalized spacial score (nSPS) is 27.5. The molecule has 4 atom stereocenters. The van der Waals surface area contributed by atoms with Gasteiger partial charge >= 0.3 is 0 Å². The highest BCUT2D eigenvalue weighted by atomic mass is 35.5. The van der Waals surface area contributed by atoms with E-state index >= 15 is 0 Å². The van der Waals surface area contributed by atoms with Gasteiger partial charge in [0.1, 0.15) is 24.6 Å². The van der Waals surface area contributed by atoms with Crippen molar-refractivity contribution in [1.82, 2.24) is 19.5 Å². The van der Waals surface area contributed by atoms with Gasteiger partial charge < -0.3 is 25.4 Å². The number of hydrogen-bond donors (Lipinski definition) is 4. The van der Waals surface area contributed by atoms with E-state index in [1.807, 2.05) is 18.2 Å². The second kappa shape index (κ2) is 7.44. The number of nitrogens with zero attached hydrogens (tertiary/aromatic N) is 4. The Kier molecular flexibility index (Phi) is 4.87. The molecule has 30 heavy (non-hydrogen) atoms. The fraction of sp³-hybridized carbons (Fsp3) is 0.450. The smallest absolute Gasteiger partial charge is 0.167 e. The summed E-state index contributed by atoms with van der Waals surface area (Å²) in [4.78, 5) is 13.0. The first-order valence-electron chi connectivity index (χ1n) is 9.82. The van der Waals surface area contributed by atoms with E-state index in [0.29, 0.717) is 23.5 Å². The van der Waals surface area contributed by atoms with Crippen molar-refractivity contribution in [2.75, 3.05) is 18.5 Å². The number of rotatable bonds is 6. The number of imidazole rings is 1. The minimum Gasteiger partial charge on any atom is -0.394 e. The third-order valence-corrected chi connectivity index (χ3v) is 6.27.